The molecule has 10 heteroatoms. The molecular formula is C17H24N4O5S. The lowest BCUT2D eigenvalue weighted by atomic mass is 9.97. The van der Waals surface area contributed by atoms with Crippen molar-refractivity contribution in [2.24, 2.45) is 5.92 Å². The number of aryl methyl sites for hydroxylation is 1. The van der Waals surface area contributed by atoms with Crippen LogP contribution in [0.2, 0.25) is 0 Å². The molecule has 1 unspecified atom stereocenters. The average molecular weight is 396 g/mol. The SMILES string of the molecule is Cc1ccc([N+](=O)[O-])cc1S(=O)(=O)N1CCC(C(=O)NC2CCNC2)CC1. The molecule has 2 heterocycles. The number of nitrogens with zero attached hydrogens (tertiary/aromatic N) is 2. The highest BCUT2D eigenvalue weighted by molar-refractivity contribution is 7.89. The van der Waals surface area contributed by atoms with Crippen molar-refractivity contribution >= 4 is 21.6 Å². The van der Waals surface area contributed by atoms with Gasteiger partial charge in [-0.1, -0.05) is 6.07 Å². The van der Waals surface area contributed by atoms with Crippen LogP contribution in [0.1, 0.15) is 24.8 Å². The Bertz CT molecular complexity index is 828. The number of amides is 1. The Kier molecular flexibility index (Phi) is 5.78. The van der Waals surface area contributed by atoms with Crippen molar-refractivity contribution in [1.29, 1.82) is 0 Å². The summed E-state index contributed by atoms with van der Waals surface area (Å²) in [5, 5.41) is 17.2. The fraction of sp³-hybridized carbons (Fsp3) is 0.588. The minimum Gasteiger partial charge on any atom is -0.352 e. The Morgan fingerprint density at radius 1 is 1.30 bits per heavy atom. The van der Waals surface area contributed by atoms with Gasteiger partial charge < -0.3 is 10.6 Å². The number of hydrogen-bond donors (Lipinski definition) is 2. The first-order chi connectivity index (χ1) is 12.8. The van der Waals surface area contributed by atoms with E-state index >= 15 is 0 Å². The Morgan fingerprint density at radius 2 is 2.00 bits per heavy atom. The number of carbonyl (C=O) groups excluding carboxylic acids is 1. The molecule has 0 aromatic heterocycles. The second-order valence-electron chi connectivity index (χ2n) is 7.08. The molecule has 27 heavy (non-hydrogen) atoms. The molecule has 1 aromatic carbocycles. The van der Waals surface area contributed by atoms with Crippen LogP contribution in [-0.4, -0.2) is 55.8 Å². The Labute approximate surface area is 158 Å². The molecule has 0 radical (unpaired) electrons. The lowest BCUT2D eigenvalue weighted by Crippen LogP contribution is -2.45. The fourth-order valence-corrected chi connectivity index (χ4v) is 5.29. The number of non-ortho nitro benzene ring substituents is 1. The summed E-state index contributed by atoms with van der Waals surface area (Å²) in [6.07, 6.45) is 1.80. The molecule has 1 aromatic rings. The van der Waals surface area contributed by atoms with Crippen molar-refractivity contribution in [2.45, 2.75) is 37.1 Å². The standard InChI is InChI=1S/C17H24N4O5S/c1-12-2-3-15(21(23)24)10-16(12)27(25,26)20-8-5-13(6-9-20)17(22)19-14-4-7-18-11-14/h2-3,10,13-14,18H,4-9,11H2,1H3,(H,19,22). The van der Waals surface area contributed by atoms with Gasteiger partial charge in [-0.2, -0.15) is 4.31 Å². The van der Waals surface area contributed by atoms with E-state index in [9.17, 15) is 23.3 Å². The maximum Gasteiger partial charge on any atom is 0.270 e. The van der Waals surface area contributed by atoms with Crippen LogP contribution in [0.25, 0.3) is 0 Å². The number of carbonyl (C=O) groups is 1. The van der Waals surface area contributed by atoms with Crippen LogP contribution in [0.3, 0.4) is 0 Å². The second-order valence-corrected chi connectivity index (χ2v) is 8.99. The highest BCUT2D eigenvalue weighted by atomic mass is 32.2. The number of nitro groups is 1. The van der Waals surface area contributed by atoms with E-state index in [4.69, 9.17) is 0 Å². The zero-order chi connectivity index (χ0) is 19.6. The predicted octanol–water partition coefficient (Wildman–Crippen LogP) is 0.782. The molecule has 1 amide bonds. The van der Waals surface area contributed by atoms with E-state index in [0.717, 1.165) is 25.6 Å². The summed E-state index contributed by atoms with van der Waals surface area (Å²) in [5.74, 6) is -0.226. The smallest absolute Gasteiger partial charge is 0.270 e. The van der Waals surface area contributed by atoms with Crippen LogP contribution in [0, 0.1) is 23.0 Å². The zero-order valence-corrected chi connectivity index (χ0v) is 16.0. The van der Waals surface area contributed by atoms with Gasteiger partial charge in [0.2, 0.25) is 15.9 Å². The molecular weight excluding hydrogens is 372 g/mol. The van der Waals surface area contributed by atoms with Gasteiger partial charge in [-0.15, -0.1) is 0 Å². The molecule has 2 aliphatic heterocycles. The van der Waals surface area contributed by atoms with Gasteiger partial charge in [-0.25, -0.2) is 8.42 Å². The summed E-state index contributed by atoms with van der Waals surface area (Å²) in [7, 11) is -3.83. The molecule has 1 atom stereocenters. The normalized spacial score (nSPS) is 21.9. The molecule has 2 N–H and O–H groups in total. The van der Waals surface area contributed by atoms with E-state index in [-0.39, 0.29) is 41.5 Å². The third kappa shape index (κ3) is 4.28. The first-order valence-electron chi connectivity index (χ1n) is 9.05. The maximum atomic E-state index is 12.9. The Morgan fingerprint density at radius 3 is 2.59 bits per heavy atom. The Hall–Kier alpha value is -2.04. The summed E-state index contributed by atoms with van der Waals surface area (Å²) < 4.78 is 27.2. The number of benzene rings is 1. The van der Waals surface area contributed by atoms with Gasteiger partial charge in [0.1, 0.15) is 0 Å². The number of rotatable bonds is 5. The lowest BCUT2D eigenvalue weighted by Gasteiger charge is -2.31. The predicted molar refractivity (Wildman–Crippen MR) is 98.7 cm³/mol. The summed E-state index contributed by atoms with van der Waals surface area (Å²) in [6, 6.07) is 3.99. The topological polar surface area (TPSA) is 122 Å². The second kappa shape index (κ2) is 7.91. The van der Waals surface area contributed by atoms with E-state index in [1.165, 1.54) is 16.4 Å². The minimum atomic E-state index is -3.83. The third-order valence-electron chi connectivity index (χ3n) is 5.23. The largest absolute Gasteiger partial charge is 0.352 e. The molecule has 148 valence electrons. The molecule has 2 fully saturated rings. The number of piperidine rings is 1. The van der Waals surface area contributed by atoms with Gasteiger partial charge in [-0.3, -0.25) is 14.9 Å². The molecule has 0 bridgehead atoms. The number of nitrogens with one attached hydrogen (secondary N) is 2. The quantitative estimate of drug-likeness (QED) is 0.560. The lowest BCUT2D eigenvalue weighted by molar-refractivity contribution is -0.385. The molecule has 2 aliphatic rings. The third-order valence-corrected chi connectivity index (χ3v) is 7.27. The fourth-order valence-electron chi connectivity index (χ4n) is 3.57. The van der Waals surface area contributed by atoms with E-state index < -0.39 is 14.9 Å². The van der Waals surface area contributed by atoms with E-state index in [0.29, 0.717) is 18.4 Å². The first kappa shape index (κ1) is 19.7. The zero-order valence-electron chi connectivity index (χ0n) is 15.2. The van der Waals surface area contributed by atoms with Crippen LogP contribution in [-0.2, 0) is 14.8 Å². The van der Waals surface area contributed by atoms with Crippen LogP contribution < -0.4 is 10.6 Å². The van der Waals surface area contributed by atoms with E-state index in [2.05, 4.69) is 10.6 Å². The van der Waals surface area contributed by atoms with Crippen molar-refractivity contribution in [2.75, 3.05) is 26.2 Å². The van der Waals surface area contributed by atoms with Crippen LogP contribution >= 0.6 is 0 Å². The monoisotopic (exact) mass is 396 g/mol. The molecule has 3 rings (SSSR count). The van der Waals surface area contributed by atoms with Crippen molar-refractivity contribution in [1.82, 2.24) is 14.9 Å². The van der Waals surface area contributed by atoms with Crippen LogP contribution in [0.15, 0.2) is 23.1 Å². The minimum absolute atomic E-state index is 0.0210. The van der Waals surface area contributed by atoms with Crippen molar-refractivity contribution in [3.8, 4) is 0 Å². The molecule has 0 spiro atoms. The molecule has 0 saturated carbocycles. The molecule has 9 nitrogen and oxygen atoms in total. The van der Waals surface area contributed by atoms with E-state index in [1.807, 2.05) is 0 Å². The van der Waals surface area contributed by atoms with Gasteiger partial charge in [-0.05, 0) is 38.3 Å². The van der Waals surface area contributed by atoms with Crippen LogP contribution in [0.5, 0.6) is 0 Å². The van der Waals surface area contributed by atoms with Gasteiger partial charge in [0, 0.05) is 43.7 Å². The van der Waals surface area contributed by atoms with Crippen molar-refractivity contribution in [3.05, 3.63) is 33.9 Å². The average Bonchev–Trinajstić information content (AvgIpc) is 3.14. The molecule has 2 saturated heterocycles. The van der Waals surface area contributed by atoms with Gasteiger partial charge in [0.15, 0.2) is 0 Å². The highest BCUT2D eigenvalue weighted by Crippen LogP contribution is 2.28. The van der Waals surface area contributed by atoms with Gasteiger partial charge >= 0.3 is 0 Å². The van der Waals surface area contributed by atoms with Crippen LogP contribution in [0.4, 0.5) is 5.69 Å². The first-order valence-corrected chi connectivity index (χ1v) is 10.5. The molecule has 0 aliphatic carbocycles. The van der Waals surface area contributed by atoms with E-state index in [1.54, 1.807) is 6.92 Å². The Balaban J connectivity index is 1.67. The summed E-state index contributed by atoms with van der Waals surface area (Å²) in [4.78, 5) is 22.7. The van der Waals surface area contributed by atoms with Gasteiger partial charge in [0.25, 0.3) is 5.69 Å². The van der Waals surface area contributed by atoms with Gasteiger partial charge in [0.05, 0.1) is 9.82 Å². The summed E-state index contributed by atoms with van der Waals surface area (Å²) in [5.41, 5.74) is 0.216. The number of nitro benzene ring substituents is 1. The summed E-state index contributed by atoms with van der Waals surface area (Å²) >= 11 is 0. The maximum absolute atomic E-state index is 12.9. The summed E-state index contributed by atoms with van der Waals surface area (Å²) in [6.45, 7) is 3.73. The number of sulfonamides is 1. The number of hydrogen-bond acceptors (Lipinski definition) is 6. The van der Waals surface area contributed by atoms with Crippen molar-refractivity contribution in [3.63, 3.8) is 0 Å². The van der Waals surface area contributed by atoms with Crippen molar-refractivity contribution < 1.29 is 18.1 Å². The highest BCUT2D eigenvalue weighted by Gasteiger charge is 2.34.